The second-order valence-corrected chi connectivity index (χ2v) is 5.89. The average molecular weight is 354 g/mol. The molecule has 0 heterocycles. The Labute approximate surface area is 154 Å². The fourth-order valence-electron chi connectivity index (χ4n) is 2.56. The third kappa shape index (κ3) is 5.51. The summed E-state index contributed by atoms with van der Waals surface area (Å²) >= 11 is 0. The maximum atomic E-state index is 11.1. The van der Waals surface area contributed by atoms with Gasteiger partial charge in [-0.05, 0) is 42.3 Å². The second kappa shape index (κ2) is 9.46. The number of carbonyl (C=O) groups is 1. The third-order valence-electron chi connectivity index (χ3n) is 3.92. The van der Waals surface area contributed by atoms with Gasteiger partial charge in [0.15, 0.2) is 5.96 Å². The molecule has 0 aliphatic heterocycles. The minimum atomic E-state index is -0.421. The molecule has 0 aliphatic carbocycles. The summed E-state index contributed by atoms with van der Waals surface area (Å²) in [6.07, 6.45) is 0. The van der Waals surface area contributed by atoms with Crippen LogP contribution in [-0.2, 0) is 13.1 Å². The molecule has 0 aromatic heterocycles. The minimum absolute atomic E-state index is 0.421. The third-order valence-corrected chi connectivity index (χ3v) is 3.92. The van der Waals surface area contributed by atoms with Gasteiger partial charge in [0, 0.05) is 32.7 Å². The zero-order valence-electron chi connectivity index (χ0n) is 15.5. The maximum absolute atomic E-state index is 11.1. The van der Waals surface area contributed by atoms with E-state index >= 15 is 0 Å². The highest BCUT2D eigenvalue weighted by atomic mass is 16.5. The Bertz CT molecular complexity index is 739. The van der Waals surface area contributed by atoms with Crippen LogP contribution in [-0.4, -0.2) is 37.5 Å². The van der Waals surface area contributed by atoms with E-state index in [4.69, 9.17) is 10.5 Å². The Kier molecular flexibility index (Phi) is 7.02. The van der Waals surface area contributed by atoms with Crippen molar-refractivity contribution in [3.63, 3.8) is 0 Å². The number of aliphatic imine (C=N–C) groups is 1. The number of hydrogen-bond acceptors (Lipinski definition) is 3. The molecule has 3 N–H and O–H groups in total. The predicted molar refractivity (Wildman–Crippen MR) is 104 cm³/mol. The van der Waals surface area contributed by atoms with Gasteiger partial charge in [0.2, 0.25) is 5.91 Å². The van der Waals surface area contributed by atoms with Crippen molar-refractivity contribution in [2.45, 2.75) is 20.0 Å². The number of rotatable bonds is 7. The molecule has 0 bridgehead atoms. The summed E-state index contributed by atoms with van der Waals surface area (Å²) in [6, 6.07) is 15.3. The fourth-order valence-corrected chi connectivity index (χ4v) is 2.56. The van der Waals surface area contributed by atoms with Gasteiger partial charge in [-0.1, -0.05) is 24.3 Å². The highest BCUT2D eigenvalue weighted by Gasteiger charge is 2.07. The first-order chi connectivity index (χ1) is 12.5. The van der Waals surface area contributed by atoms with Gasteiger partial charge in [-0.25, -0.2) is 0 Å². The monoisotopic (exact) mass is 354 g/mol. The van der Waals surface area contributed by atoms with E-state index in [-0.39, 0.29) is 0 Å². The van der Waals surface area contributed by atoms with Gasteiger partial charge >= 0.3 is 0 Å². The highest BCUT2D eigenvalue weighted by molar-refractivity contribution is 5.92. The summed E-state index contributed by atoms with van der Waals surface area (Å²) in [5.74, 6) is 1.24. The molecule has 0 aliphatic rings. The van der Waals surface area contributed by atoms with Crippen molar-refractivity contribution in [3.8, 4) is 5.75 Å². The van der Waals surface area contributed by atoms with E-state index in [2.05, 4.69) is 22.4 Å². The Morgan fingerprint density at radius 2 is 1.73 bits per heavy atom. The lowest BCUT2D eigenvalue weighted by atomic mass is 10.1. The molecule has 1 amide bonds. The van der Waals surface area contributed by atoms with Crippen molar-refractivity contribution in [1.82, 2.24) is 10.2 Å². The molecule has 0 atom stereocenters. The van der Waals surface area contributed by atoms with Gasteiger partial charge in [0.05, 0.1) is 6.61 Å². The molecule has 0 unspecified atom stereocenters. The number of ether oxygens (including phenoxy) is 1. The van der Waals surface area contributed by atoms with Crippen LogP contribution in [0.2, 0.25) is 0 Å². The summed E-state index contributed by atoms with van der Waals surface area (Å²) in [7, 11) is 3.75. The number of nitrogens with zero attached hydrogens (tertiary/aromatic N) is 2. The van der Waals surface area contributed by atoms with Gasteiger partial charge in [0.1, 0.15) is 5.75 Å². The molecule has 138 valence electrons. The highest BCUT2D eigenvalue weighted by Crippen LogP contribution is 2.13. The minimum Gasteiger partial charge on any atom is -0.494 e. The molecule has 0 fully saturated rings. The van der Waals surface area contributed by atoms with E-state index in [1.807, 2.05) is 43.1 Å². The summed E-state index contributed by atoms with van der Waals surface area (Å²) in [5.41, 5.74) is 7.98. The van der Waals surface area contributed by atoms with Gasteiger partial charge in [0.25, 0.3) is 0 Å². The van der Waals surface area contributed by atoms with Crippen molar-refractivity contribution in [1.29, 1.82) is 0 Å². The molecule has 2 rings (SSSR count). The number of guanidine groups is 1. The van der Waals surface area contributed by atoms with Crippen molar-refractivity contribution >= 4 is 11.9 Å². The van der Waals surface area contributed by atoms with Gasteiger partial charge in [-0.2, -0.15) is 0 Å². The van der Waals surface area contributed by atoms with Crippen molar-refractivity contribution in [2.24, 2.45) is 10.7 Å². The van der Waals surface area contributed by atoms with Crippen LogP contribution in [0.25, 0.3) is 0 Å². The van der Waals surface area contributed by atoms with Gasteiger partial charge in [-0.3, -0.25) is 9.79 Å². The quantitative estimate of drug-likeness (QED) is 0.591. The molecule has 0 spiro atoms. The molecular weight excluding hydrogens is 328 g/mol. The topological polar surface area (TPSA) is 79.9 Å². The molecule has 6 heteroatoms. The summed E-state index contributed by atoms with van der Waals surface area (Å²) < 4.78 is 5.47. The molecule has 0 saturated heterocycles. The van der Waals surface area contributed by atoms with Crippen molar-refractivity contribution < 1.29 is 9.53 Å². The number of primary amides is 1. The molecule has 0 radical (unpaired) electrons. The molecule has 2 aromatic rings. The number of carbonyl (C=O) groups excluding carboxylic acids is 1. The van der Waals surface area contributed by atoms with Crippen LogP contribution in [0.4, 0.5) is 0 Å². The standard InChI is InChI=1S/C20H26N4O2/c1-4-26-18-11-7-16(8-12-18)14-24(3)20(22-2)23-13-15-5-9-17(10-6-15)19(21)25/h5-12H,4,13-14H2,1-3H3,(H2,21,25)(H,22,23). The number of hydrogen-bond donors (Lipinski definition) is 2. The van der Waals surface area contributed by atoms with E-state index in [0.717, 1.165) is 23.8 Å². The SMILES string of the molecule is CCOc1ccc(CN(C)C(=NC)NCc2ccc(C(N)=O)cc2)cc1. The smallest absolute Gasteiger partial charge is 0.248 e. The lowest BCUT2D eigenvalue weighted by Gasteiger charge is -2.22. The van der Waals surface area contributed by atoms with E-state index in [1.165, 1.54) is 5.56 Å². The van der Waals surface area contributed by atoms with E-state index in [9.17, 15) is 4.79 Å². The summed E-state index contributed by atoms with van der Waals surface area (Å²) in [6.45, 7) is 3.97. The Morgan fingerprint density at radius 3 is 2.27 bits per heavy atom. The van der Waals surface area contributed by atoms with E-state index < -0.39 is 5.91 Å². The molecule has 26 heavy (non-hydrogen) atoms. The number of benzene rings is 2. The first kappa shape index (κ1) is 19.3. The fraction of sp³-hybridized carbons (Fsp3) is 0.300. The largest absolute Gasteiger partial charge is 0.494 e. The number of amides is 1. The normalized spacial score (nSPS) is 11.1. The van der Waals surface area contributed by atoms with E-state index in [1.54, 1.807) is 19.2 Å². The van der Waals surface area contributed by atoms with Gasteiger partial charge in [-0.15, -0.1) is 0 Å². The lowest BCUT2D eigenvalue weighted by Crippen LogP contribution is -2.38. The summed E-state index contributed by atoms with van der Waals surface area (Å²) in [5, 5.41) is 3.32. The van der Waals surface area contributed by atoms with Crippen LogP contribution in [0.15, 0.2) is 53.5 Å². The predicted octanol–water partition coefficient (Wildman–Crippen LogP) is 2.39. The second-order valence-electron chi connectivity index (χ2n) is 5.89. The average Bonchev–Trinajstić information content (AvgIpc) is 2.64. The van der Waals surface area contributed by atoms with Gasteiger partial charge < -0.3 is 20.7 Å². The molecule has 0 saturated carbocycles. The maximum Gasteiger partial charge on any atom is 0.248 e. The first-order valence-corrected chi connectivity index (χ1v) is 8.55. The molecule has 2 aromatic carbocycles. The molecular formula is C20H26N4O2. The molecule has 6 nitrogen and oxygen atoms in total. The Balaban J connectivity index is 1.91. The Morgan fingerprint density at radius 1 is 1.12 bits per heavy atom. The van der Waals surface area contributed by atoms with Crippen molar-refractivity contribution in [3.05, 3.63) is 65.2 Å². The van der Waals surface area contributed by atoms with Crippen LogP contribution >= 0.6 is 0 Å². The zero-order valence-corrected chi connectivity index (χ0v) is 15.5. The lowest BCUT2D eigenvalue weighted by molar-refractivity contribution is 0.100. The van der Waals surface area contributed by atoms with Crippen molar-refractivity contribution in [2.75, 3.05) is 20.7 Å². The zero-order chi connectivity index (χ0) is 18.9. The number of nitrogens with two attached hydrogens (primary N) is 1. The van der Waals surface area contributed by atoms with Crippen LogP contribution in [0, 0.1) is 0 Å². The summed E-state index contributed by atoms with van der Waals surface area (Å²) in [4.78, 5) is 17.5. The van der Waals surface area contributed by atoms with E-state index in [0.29, 0.717) is 18.7 Å². The number of nitrogens with one attached hydrogen (secondary N) is 1. The van der Waals surface area contributed by atoms with Crippen LogP contribution in [0.5, 0.6) is 5.75 Å². The first-order valence-electron chi connectivity index (χ1n) is 8.55. The van der Waals surface area contributed by atoms with Crippen LogP contribution in [0.3, 0.4) is 0 Å². The Hall–Kier alpha value is -3.02. The van der Waals surface area contributed by atoms with Crippen LogP contribution < -0.4 is 15.8 Å². The van der Waals surface area contributed by atoms with Crippen LogP contribution in [0.1, 0.15) is 28.4 Å².